The second-order valence-electron chi connectivity index (χ2n) is 1.86. The van der Waals surface area contributed by atoms with Crippen LogP contribution in [0.2, 0.25) is 0 Å². The van der Waals surface area contributed by atoms with Gasteiger partial charge in [0.05, 0.1) is 0 Å². The Morgan fingerprint density at radius 2 is 2.44 bits per heavy atom. The van der Waals surface area contributed by atoms with E-state index in [2.05, 4.69) is 5.16 Å². The van der Waals surface area contributed by atoms with E-state index < -0.39 is 0 Å². The van der Waals surface area contributed by atoms with Crippen molar-refractivity contribution in [1.29, 1.82) is 0 Å². The fraction of sp³-hybridized carbons (Fsp3) is 0.286. The molecule has 0 N–H and O–H groups in total. The van der Waals surface area contributed by atoms with E-state index in [-0.39, 0.29) is 0 Å². The molecular weight excluding hydrogens is 114 g/mol. The highest BCUT2D eigenvalue weighted by molar-refractivity contribution is 5.42. The smallest absolute Gasteiger partial charge is 0.134 e. The summed E-state index contributed by atoms with van der Waals surface area (Å²) in [6.07, 6.45) is 3.83. The molecule has 0 amide bonds. The SMILES string of the molecule is C/C=C\c1cc(C)on1. The summed E-state index contributed by atoms with van der Waals surface area (Å²) in [5.41, 5.74) is 0.884. The average molecular weight is 123 g/mol. The number of nitrogens with zero attached hydrogens (tertiary/aromatic N) is 1. The summed E-state index contributed by atoms with van der Waals surface area (Å²) < 4.78 is 4.82. The van der Waals surface area contributed by atoms with Crippen molar-refractivity contribution >= 4 is 6.08 Å². The molecule has 0 unspecified atom stereocenters. The standard InChI is InChI=1S/C7H9NO/c1-3-4-7-5-6(2)9-8-7/h3-5H,1-2H3/b4-3-. The first-order chi connectivity index (χ1) is 4.33. The van der Waals surface area contributed by atoms with Crippen LogP contribution < -0.4 is 0 Å². The average Bonchev–Trinajstić information content (AvgIpc) is 2.17. The number of allylic oxidation sites excluding steroid dienone is 1. The fourth-order valence-electron chi connectivity index (χ4n) is 0.635. The van der Waals surface area contributed by atoms with E-state index in [9.17, 15) is 0 Å². The molecule has 0 bridgehead atoms. The molecule has 0 saturated carbocycles. The number of aryl methyl sites for hydroxylation is 1. The second kappa shape index (κ2) is 2.49. The number of hydrogen-bond acceptors (Lipinski definition) is 2. The lowest BCUT2D eigenvalue weighted by Gasteiger charge is -1.71. The van der Waals surface area contributed by atoms with Crippen molar-refractivity contribution in [2.24, 2.45) is 0 Å². The summed E-state index contributed by atoms with van der Waals surface area (Å²) in [7, 11) is 0. The van der Waals surface area contributed by atoms with Gasteiger partial charge >= 0.3 is 0 Å². The van der Waals surface area contributed by atoms with Crippen molar-refractivity contribution in [2.75, 3.05) is 0 Å². The van der Waals surface area contributed by atoms with Crippen LogP contribution in [0.25, 0.3) is 6.08 Å². The van der Waals surface area contributed by atoms with E-state index in [0.29, 0.717) is 0 Å². The lowest BCUT2D eigenvalue weighted by atomic mass is 10.3. The second-order valence-corrected chi connectivity index (χ2v) is 1.86. The highest BCUT2D eigenvalue weighted by atomic mass is 16.5. The highest BCUT2D eigenvalue weighted by Crippen LogP contribution is 2.02. The van der Waals surface area contributed by atoms with Crippen molar-refractivity contribution in [2.45, 2.75) is 13.8 Å². The van der Waals surface area contributed by atoms with E-state index >= 15 is 0 Å². The van der Waals surface area contributed by atoms with E-state index in [4.69, 9.17) is 4.52 Å². The van der Waals surface area contributed by atoms with Crippen LogP contribution in [0.1, 0.15) is 18.4 Å². The maximum Gasteiger partial charge on any atom is 0.134 e. The molecule has 0 aromatic carbocycles. The van der Waals surface area contributed by atoms with Crippen LogP contribution in [-0.4, -0.2) is 5.16 Å². The molecule has 9 heavy (non-hydrogen) atoms. The molecule has 2 nitrogen and oxygen atoms in total. The predicted octanol–water partition coefficient (Wildman–Crippen LogP) is 2.02. The van der Waals surface area contributed by atoms with Crippen molar-refractivity contribution in [3.8, 4) is 0 Å². The Bertz CT molecular complexity index is 212. The maximum atomic E-state index is 4.82. The predicted molar refractivity (Wildman–Crippen MR) is 35.9 cm³/mol. The van der Waals surface area contributed by atoms with Crippen molar-refractivity contribution in [1.82, 2.24) is 5.16 Å². The van der Waals surface area contributed by atoms with Crippen LogP contribution in [0.15, 0.2) is 16.7 Å². The highest BCUT2D eigenvalue weighted by Gasteiger charge is 1.91. The van der Waals surface area contributed by atoms with Crippen LogP contribution in [0.4, 0.5) is 0 Å². The van der Waals surface area contributed by atoms with Gasteiger partial charge < -0.3 is 4.52 Å². The van der Waals surface area contributed by atoms with Gasteiger partial charge in [0.2, 0.25) is 0 Å². The van der Waals surface area contributed by atoms with Gasteiger partial charge in [-0.15, -0.1) is 0 Å². The van der Waals surface area contributed by atoms with Gasteiger partial charge in [-0.05, 0) is 19.9 Å². The molecule has 1 aromatic heterocycles. The van der Waals surface area contributed by atoms with Crippen LogP contribution in [0.5, 0.6) is 0 Å². The van der Waals surface area contributed by atoms with Gasteiger partial charge in [-0.2, -0.15) is 0 Å². The van der Waals surface area contributed by atoms with E-state index in [1.54, 1.807) is 0 Å². The molecule has 0 aliphatic carbocycles. The first kappa shape index (κ1) is 6.08. The summed E-state index contributed by atoms with van der Waals surface area (Å²) in [5, 5.41) is 3.74. The van der Waals surface area contributed by atoms with Gasteiger partial charge in [-0.3, -0.25) is 0 Å². The monoisotopic (exact) mass is 123 g/mol. The quantitative estimate of drug-likeness (QED) is 0.571. The molecule has 48 valence electrons. The van der Waals surface area contributed by atoms with Gasteiger partial charge in [0.1, 0.15) is 11.5 Å². The zero-order chi connectivity index (χ0) is 6.69. The van der Waals surface area contributed by atoms with Gasteiger partial charge in [-0.25, -0.2) is 0 Å². The zero-order valence-electron chi connectivity index (χ0n) is 5.59. The van der Waals surface area contributed by atoms with E-state index in [0.717, 1.165) is 11.5 Å². The summed E-state index contributed by atoms with van der Waals surface area (Å²) in [5.74, 6) is 0.850. The maximum absolute atomic E-state index is 4.82. The minimum absolute atomic E-state index is 0.850. The Kier molecular flexibility index (Phi) is 1.68. The van der Waals surface area contributed by atoms with E-state index in [1.807, 2.05) is 32.1 Å². The van der Waals surface area contributed by atoms with Crippen molar-refractivity contribution < 1.29 is 4.52 Å². The molecule has 0 fully saturated rings. The molecular formula is C7H9NO. The van der Waals surface area contributed by atoms with Gasteiger partial charge in [0.25, 0.3) is 0 Å². The Labute approximate surface area is 54.2 Å². The van der Waals surface area contributed by atoms with Crippen LogP contribution in [0.3, 0.4) is 0 Å². The number of hydrogen-bond donors (Lipinski definition) is 0. The minimum Gasteiger partial charge on any atom is -0.361 e. The third kappa shape index (κ3) is 1.42. The van der Waals surface area contributed by atoms with Gasteiger partial charge in [-0.1, -0.05) is 11.2 Å². The molecule has 1 rings (SSSR count). The Morgan fingerprint density at radius 3 is 2.89 bits per heavy atom. The molecule has 0 radical (unpaired) electrons. The minimum atomic E-state index is 0.850. The molecule has 1 aromatic rings. The van der Waals surface area contributed by atoms with Crippen LogP contribution >= 0.6 is 0 Å². The Balaban J connectivity index is 2.85. The number of rotatable bonds is 1. The first-order valence-electron chi connectivity index (χ1n) is 2.89. The summed E-state index contributed by atoms with van der Waals surface area (Å²) in [6, 6.07) is 1.89. The Hall–Kier alpha value is -1.05. The summed E-state index contributed by atoms with van der Waals surface area (Å²) in [4.78, 5) is 0. The fourth-order valence-corrected chi connectivity index (χ4v) is 0.635. The molecule has 0 aliphatic heterocycles. The van der Waals surface area contributed by atoms with Crippen molar-refractivity contribution in [3.63, 3.8) is 0 Å². The molecule has 0 saturated heterocycles. The van der Waals surface area contributed by atoms with Gasteiger partial charge in [0, 0.05) is 6.07 Å². The lowest BCUT2D eigenvalue weighted by molar-refractivity contribution is 0.396. The van der Waals surface area contributed by atoms with Crippen molar-refractivity contribution in [3.05, 3.63) is 23.6 Å². The molecule has 0 aliphatic rings. The summed E-state index contributed by atoms with van der Waals surface area (Å²) in [6.45, 7) is 3.82. The topological polar surface area (TPSA) is 26.0 Å². The zero-order valence-corrected chi connectivity index (χ0v) is 5.59. The number of aromatic nitrogens is 1. The summed E-state index contributed by atoms with van der Waals surface area (Å²) >= 11 is 0. The van der Waals surface area contributed by atoms with E-state index in [1.165, 1.54) is 0 Å². The van der Waals surface area contributed by atoms with Crippen LogP contribution in [-0.2, 0) is 0 Å². The Morgan fingerprint density at radius 1 is 1.67 bits per heavy atom. The van der Waals surface area contributed by atoms with Gasteiger partial charge in [0.15, 0.2) is 0 Å². The molecule has 0 spiro atoms. The first-order valence-corrected chi connectivity index (χ1v) is 2.89. The largest absolute Gasteiger partial charge is 0.361 e. The molecule has 0 atom stereocenters. The van der Waals surface area contributed by atoms with Crippen LogP contribution in [0, 0.1) is 6.92 Å². The molecule has 1 heterocycles. The normalized spacial score (nSPS) is 10.9. The third-order valence-electron chi connectivity index (χ3n) is 0.984. The molecule has 2 heteroatoms. The third-order valence-corrected chi connectivity index (χ3v) is 0.984. The lowest BCUT2D eigenvalue weighted by Crippen LogP contribution is -1.63.